The monoisotopic (exact) mass is 320 g/mol. The molecule has 0 bridgehead atoms. The molecular formula is C11H18Cl2N6O. The van der Waals surface area contributed by atoms with Crippen molar-refractivity contribution in [3.63, 3.8) is 0 Å². The maximum Gasteiger partial charge on any atom is 0.242 e. The van der Waals surface area contributed by atoms with Crippen molar-refractivity contribution in [2.45, 2.75) is 32.2 Å². The number of imidazole rings is 1. The van der Waals surface area contributed by atoms with Gasteiger partial charge in [0.2, 0.25) is 5.91 Å². The van der Waals surface area contributed by atoms with Crippen LogP contribution >= 0.6 is 24.8 Å². The molecule has 0 aromatic carbocycles. The van der Waals surface area contributed by atoms with E-state index in [0.717, 1.165) is 12.8 Å². The van der Waals surface area contributed by atoms with Gasteiger partial charge >= 0.3 is 0 Å². The normalized spacial score (nSPS) is 11.3. The molecule has 9 heteroatoms. The molecule has 0 radical (unpaired) electrons. The van der Waals surface area contributed by atoms with Gasteiger partial charge in [0.25, 0.3) is 0 Å². The van der Waals surface area contributed by atoms with Crippen LogP contribution in [0.25, 0.3) is 11.2 Å². The molecule has 7 nitrogen and oxygen atoms in total. The average Bonchev–Trinajstić information content (AvgIpc) is 2.85. The third kappa shape index (κ3) is 4.29. The topological polar surface area (TPSA) is 110 Å². The first-order chi connectivity index (χ1) is 8.72. The zero-order valence-corrected chi connectivity index (χ0v) is 12.6. The van der Waals surface area contributed by atoms with Crippen molar-refractivity contribution in [1.82, 2.24) is 19.9 Å². The number of anilines is 1. The highest BCUT2D eigenvalue weighted by Gasteiger charge is 2.15. The molecule has 112 valence electrons. The standard InChI is InChI=1S/C11H16N6O.2ClH/c1-2-3-4-7(12)11(18)17-10-8-9(14-5-13-8)15-6-16-10;;/h5-7H,2-4,12H2,1H3,(H2,13,14,15,16,17,18);2*1H. The summed E-state index contributed by atoms with van der Waals surface area (Å²) in [4.78, 5) is 26.8. The summed E-state index contributed by atoms with van der Waals surface area (Å²) in [6, 6.07) is -0.520. The number of nitrogens with zero attached hydrogens (tertiary/aromatic N) is 3. The molecule has 4 N–H and O–H groups in total. The van der Waals surface area contributed by atoms with E-state index in [9.17, 15) is 4.79 Å². The van der Waals surface area contributed by atoms with E-state index in [-0.39, 0.29) is 30.7 Å². The number of aromatic nitrogens is 4. The zero-order chi connectivity index (χ0) is 13.0. The van der Waals surface area contributed by atoms with Gasteiger partial charge in [0.1, 0.15) is 6.33 Å². The number of fused-ring (bicyclic) bond motifs is 1. The van der Waals surface area contributed by atoms with E-state index in [1.165, 1.54) is 12.7 Å². The number of nitrogens with one attached hydrogen (secondary N) is 2. The number of hydrogen-bond donors (Lipinski definition) is 3. The Balaban J connectivity index is 0.00000180. The zero-order valence-electron chi connectivity index (χ0n) is 11.0. The van der Waals surface area contributed by atoms with E-state index in [4.69, 9.17) is 5.73 Å². The van der Waals surface area contributed by atoms with E-state index in [1.807, 2.05) is 0 Å². The summed E-state index contributed by atoms with van der Waals surface area (Å²) in [6.07, 6.45) is 5.48. The molecule has 0 aliphatic heterocycles. The molecule has 0 aliphatic carbocycles. The first-order valence-electron chi connectivity index (χ1n) is 5.93. The Morgan fingerprint density at radius 3 is 2.85 bits per heavy atom. The van der Waals surface area contributed by atoms with Crippen molar-refractivity contribution in [3.8, 4) is 0 Å². The largest absolute Gasteiger partial charge is 0.329 e. The van der Waals surface area contributed by atoms with Crippen LogP contribution in [0.1, 0.15) is 26.2 Å². The fraction of sp³-hybridized carbons (Fsp3) is 0.455. The molecule has 2 aromatic heterocycles. The molecule has 0 spiro atoms. The summed E-state index contributed by atoms with van der Waals surface area (Å²) >= 11 is 0. The van der Waals surface area contributed by atoms with Gasteiger partial charge in [0, 0.05) is 0 Å². The number of nitrogens with two attached hydrogens (primary N) is 1. The number of amides is 1. The van der Waals surface area contributed by atoms with Gasteiger partial charge in [-0.1, -0.05) is 19.8 Å². The van der Waals surface area contributed by atoms with E-state index in [2.05, 4.69) is 32.2 Å². The molecule has 0 saturated carbocycles. The fourth-order valence-electron chi connectivity index (χ4n) is 1.62. The Morgan fingerprint density at radius 2 is 2.15 bits per heavy atom. The number of hydrogen-bond acceptors (Lipinski definition) is 5. The molecule has 1 atom stereocenters. The number of carbonyl (C=O) groups is 1. The molecule has 2 rings (SSSR count). The second-order valence-electron chi connectivity index (χ2n) is 4.06. The van der Waals surface area contributed by atoms with E-state index in [1.54, 1.807) is 0 Å². The lowest BCUT2D eigenvalue weighted by atomic mass is 10.1. The minimum absolute atomic E-state index is 0. The van der Waals surface area contributed by atoms with Crippen LogP contribution in [0.5, 0.6) is 0 Å². The number of unbranched alkanes of at least 4 members (excludes halogenated alkanes) is 1. The van der Waals surface area contributed by atoms with Gasteiger partial charge in [-0.05, 0) is 6.42 Å². The third-order valence-corrected chi connectivity index (χ3v) is 2.66. The number of rotatable bonds is 5. The fourth-order valence-corrected chi connectivity index (χ4v) is 1.62. The van der Waals surface area contributed by atoms with Crippen LogP contribution in [0, 0.1) is 0 Å². The summed E-state index contributed by atoms with van der Waals surface area (Å²) in [7, 11) is 0. The minimum Gasteiger partial charge on any atom is -0.329 e. The number of H-pyrrole nitrogens is 1. The van der Waals surface area contributed by atoms with Gasteiger partial charge in [-0.15, -0.1) is 24.8 Å². The lowest BCUT2D eigenvalue weighted by Crippen LogP contribution is -2.35. The maximum absolute atomic E-state index is 11.8. The van der Waals surface area contributed by atoms with E-state index in [0.29, 0.717) is 23.4 Å². The average molecular weight is 321 g/mol. The summed E-state index contributed by atoms with van der Waals surface area (Å²) < 4.78 is 0. The van der Waals surface area contributed by atoms with Crippen LogP contribution in [0.15, 0.2) is 12.7 Å². The van der Waals surface area contributed by atoms with E-state index >= 15 is 0 Å². The van der Waals surface area contributed by atoms with Crippen LogP contribution in [0.2, 0.25) is 0 Å². The highest BCUT2D eigenvalue weighted by Crippen LogP contribution is 2.14. The highest BCUT2D eigenvalue weighted by molar-refractivity contribution is 5.99. The molecule has 0 saturated heterocycles. The summed E-state index contributed by atoms with van der Waals surface area (Å²) in [5.41, 5.74) is 6.91. The first-order valence-corrected chi connectivity index (χ1v) is 5.93. The molecule has 2 aromatic rings. The quantitative estimate of drug-likeness (QED) is 0.776. The second-order valence-corrected chi connectivity index (χ2v) is 4.06. The van der Waals surface area contributed by atoms with Crippen LogP contribution in [0.3, 0.4) is 0 Å². The molecule has 2 heterocycles. The summed E-state index contributed by atoms with van der Waals surface area (Å²) in [6.45, 7) is 2.06. The summed E-state index contributed by atoms with van der Waals surface area (Å²) in [5, 5.41) is 2.68. The Morgan fingerprint density at radius 1 is 1.40 bits per heavy atom. The van der Waals surface area contributed by atoms with Crippen molar-refractivity contribution in [2.75, 3.05) is 5.32 Å². The lowest BCUT2D eigenvalue weighted by molar-refractivity contribution is -0.117. The molecule has 0 aliphatic rings. The van der Waals surface area contributed by atoms with Crippen molar-refractivity contribution in [1.29, 1.82) is 0 Å². The minimum atomic E-state index is -0.520. The van der Waals surface area contributed by atoms with Crippen molar-refractivity contribution in [2.24, 2.45) is 5.73 Å². The van der Waals surface area contributed by atoms with Gasteiger partial charge in [0.05, 0.1) is 12.4 Å². The number of halogens is 2. The van der Waals surface area contributed by atoms with Crippen molar-refractivity contribution >= 4 is 47.7 Å². The SMILES string of the molecule is CCCCC(N)C(=O)Nc1ncnc2[nH]cnc12.Cl.Cl. The van der Waals surface area contributed by atoms with E-state index < -0.39 is 6.04 Å². The molecule has 1 amide bonds. The van der Waals surface area contributed by atoms with Gasteiger partial charge in [-0.3, -0.25) is 4.79 Å². The van der Waals surface area contributed by atoms with Gasteiger partial charge in [-0.2, -0.15) is 0 Å². The third-order valence-electron chi connectivity index (χ3n) is 2.66. The predicted octanol–water partition coefficient (Wildman–Crippen LogP) is 1.65. The van der Waals surface area contributed by atoms with Crippen LogP contribution in [-0.2, 0) is 4.79 Å². The van der Waals surface area contributed by atoms with Crippen LogP contribution < -0.4 is 11.1 Å². The van der Waals surface area contributed by atoms with Gasteiger partial charge in [0.15, 0.2) is 17.0 Å². The Bertz CT molecular complexity index is 546. The lowest BCUT2D eigenvalue weighted by Gasteiger charge is -2.10. The second kappa shape index (κ2) is 8.68. The molecule has 1 unspecified atom stereocenters. The van der Waals surface area contributed by atoms with Crippen molar-refractivity contribution in [3.05, 3.63) is 12.7 Å². The Kier molecular flexibility index (Phi) is 8.05. The molecular weight excluding hydrogens is 303 g/mol. The maximum atomic E-state index is 11.8. The first kappa shape index (κ1) is 18.6. The highest BCUT2D eigenvalue weighted by atomic mass is 35.5. The van der Waals surface area contributed by atoms with Gasteiger partial charge < -0.3 is 16.0 Å². The Labute approximate surface area is 129 Å². The molecule has 20 heavy (non-hydrogen) atoms. The molecule has 0 fully saturated rings. The van der Waals surface area contributed by atoms with Crippen molar-refractivity contribution < 1.29 is 4.79 Å². The number of carbonyl (C=O) groups excluding carboxylic acids is 1. The predicted molar refractivity (Wildman–Crippen MR) is 82.3 cm³/mol. The van der Waals surface area contributed by atoms with Crippen LogP contribution in [-0.4, -0.2) is 31.9 Å². The Hall–Kier alpha value is -1.44. The smallest absolute Gasteiger partial charge is 0.242 e. The van der Waals surface area contributed by atoms with Crippen LogP contribution in [0.4, 0.5) is 5.82 Å². The number of aromatic amines is 1. The van der Waals surface area contributed by atoms with Gasteiger partial charge in [-0.25, -0.2) is 15.0 Å². The summed E-state index contributed by atoms with van der Waals surface area (Å²) in [5.74, 6) is 0.143.